The molecule has 3 aromatic heterocycles. The number of anilines is 1. The molecule has 4 aromatic rings. The van der Waals surface area contributed by atoms with Gasteiger partial charge in [-0.2, -0.15) is 0 Å². The summed E-state index contributed by atoms with van der Waals surface area (Å²) < 4.78 is 7.00. The number of ether oxygens (including phenoxy) is 1. The van der Waals surface area contributed by atoms with Gasteiger partial charge >= 0.3 is 5.97 Å². The summed E-state index contributed by atoms with van der Waals surface area (Å²) in [5, 5.41) is 18.2. The largest absolute Gasteiger partial charge is 0.478 e. The smallest absolute Gasteiger partial charge is 0.335 e. The summed E-state index contributed by atoms with van der Waals surface area (Å²) in [4.78, 5) is 33.7. The summed E-state index contributed by atoms with van der Waals surface area (Å²) >= 11 is 0. The molecule has 1 aliphatic rings. The van der Waals surface area contributed by atoms with Crippen molar-refractivity contribution in [2.75, 3.05) is 31.2 Å². The third-order valence-electron chi connectivity index (χ3n) is 5.40. The second kappa shape index (κ2) is 8.23. The third kappa shape index (κ3) is 3.83. The van der Waals surface area contributed by atoms with Crippen molar-refractivity contribution in [2.24, 2.45) is 0 Å². The van der Waals surface area contributed by atoms with Crippen LogP contribution in [-0.2, 0) is 11.3 Å². The number of aromatic amines is 1. The maximum absolute atomic E-state index is 12.8. The molecular weight excluding hydrogens is 412 g/mol. The summed E-state index contributed by atoms with van der Waals surface area (Å²) in [7, 11) is 0. The number of carbonyl (C=O) groups is 1. The Kier molecular flexibility index (Phi) is 5.12. The maximum Gasteiger partial charge on any atom is 0.335 e. The second-order valence-corrected chi connectivity index (χ2v) is 7.49. The molecule has 0 radical (unpaired) electrons. The molecule has 0 spiro atoms. The first-order valence-electron chi connectivity index (χ1n) is 10.2. The predicted molar refractivity (Wildman–Crippen MR) is 117 cm³/mol. The van der Waals surface area contributed by atoms with Crippen LogP contribution >= 0.6 is 0 Å². The Hall–Kier alpha value is -4.05. The van der Waals surface area contributed by atoms with Gasteiger partial charge in [-0.1, -0.05) is 17.3 Å². The number of H-pyrrole nitrogens is 1. The van der Waals surface area contributed by atoms with Crippen molar-refractivity contribution in [1.29, 1.82) is 0 Å². The number of rotatable bonds is 5. The van der Waals surface area contributed by atoms with Gasteiger partial charge in [0.2, 0.25) is 0 Å². The molecule has 0 unspecified atom stereocenters. The summed E-state index contributed by atoms with van der Waals surface area (Å²) in [6, 6.07) is 10.1. The molecule has 1 aromatic carbocycles. The molecule has 4 heterocycles. The summed E-state index contributed by atoms with van der Waals surface area (Å²) in [5.74, 6) is -0.260. The fourth-order valence-corrected chi connectivity index (χ4v) is 3.81. The van der Waals surface area contributed by atoms with Gasteiger partial charge in [-0.3, -0.25) is 9.78 Å². The zero-order valence-electron chi connectivity index (χ0n) is 17.1. The maximum atomic E-state index is 12.8. The minimum absolute atomic E-state index is 0.0656. The average Bonchev–Trinajstić information content (AvgIpc) is 3.27. The highest BCUT2D eigenvalue weighted by Crippen LogP contribution is 2.26. The number of nitrogens with one attached hydrogen (secondary N) is 1. The van der Waals surface area contributed by atoms with E-state index in [0.717, 1.165) is 11.4 Å². The minimum Gasteiger partial charge on any atom is -0.478 e. The van der Waals surface area contributed by atoms with Gasteiger partial charge in [0.1, 0.15) is 11.5 Å². The molecule has 0 amide bonds. The van der Waals surface area contributed by atoms with Gasteiger partial charge in [-0.05, 0) is 18.2 Å². The normalized spacial score (nSPS) is 14.1. The fourth-order valence-electron chi connectivity index (χ4n) is 3.81. The van der Waals surface area contributed by atoms with E-state index in [9.17, 15) is 9.59 Å². The molecule has 0 saturated carbocycles. The van der Waals surface area contributed by atoms with E-state index in [2.05, 4.69) is 25.2 Å². The van der Waals surface area contributed by atoms with Gasteiger partial charge < -0.3 is 19.7 Å². The van der Waals surface area contributed by atoms with E-state index in [4.69, 9.17) is 9.84 Å². The summed E-state index contributed by atoms with van der Waals surface area (Å²) in [6.45, 7) is 2.93. The van der Waals surface area contributed by atoms with Gasteiger partial charge in [0, 0.05) is 36.3 Å². The second-order valence-electron chi connectivity index (χ2n) is 7.49. The molecule has 2 N–H and O–H groups in total. The molecule has 0 atom stereocenters. The molecule has 10 nitrogen and oxygen atoms in total. The van der Waals surface area contributed by atoms with Crippen LogP contribution in [0, 0.1) is 0 Å². The van der Waals surface area contributed by atoms with Crippen molar-refractivity contribution in [1.82, 2.24) is 25.0 Å². The van der Waals surface area contributed by atoms with Gasteiger partial charge in [0.05, 0.1) is 42.7 Å². The first-order valence-corrected chi connectivity index (χ1v) is 10.2. The Morgan fingerprint density at radius 3 is 2.84 bits per heavy atom. The lowest BCUT2D eigenvalue weighted by Gasteiger charge is -2.28. The van der Waals surface area contributed by atoms with Crippen LogP contribution in [-0.4, -0.2) is 62.3 Å². The number of aromatic nitrogens is 5. The molecule has 1 saturated heterocycles. The molecule has 1 aliphatic heterocycles. The number of para-hydroxylation sites is 1. The average molecular weight is 432 g/mol. The highest BCUT2D eigenvalue weighted by molar-refractivity contribution is 5.93. The van der Waals surface area contributed by atoms with Crippen molar-refractivity contribution in [3.63, 3.8) is 0 Å². The molecule has 5 rings (SSSR count). The van der Waals surface area contributed by atoms with Crippen LogP contribution in [0.15, 0.2) is 53.6 Å². The molecule has 162 valence electrons. The van der Waals surface area contributed by atoms with Crippen LogP contribution in [0.3, 0.4) is 0 Å². The van der Waals surface area contributed by atoms with Gasteiger partial charge in [0.25, 0.3) is 0 Å². The molecule has 0 aliphatic carbocycles. The van der Waals surface area contributed by atoms with Crippen molar-refractivity contribution in [3.8, 4) is 11.3 Å². The lowest BCUT2D eigenvalue weighted by Crippen LogP contribution is -2.37. The van der Waals surface area contributed by atoms with Gasteiger partial charge in [-0.25, -0.2) is 9.48 Å². The van der Waals surface area contributed by atoms with Crippen molar-refractivity contribution in [3.05, 3.63) is 70.3 Å². The van der Waals surface area contributed by atoms with E-state index in [0.29, 0.717) is 48.6 Å². The monoisotopic (exact) mass is 432 g/mol. The van der Waals surface area contributed by atoms with Crippen LogP contribution < -0.4 is 10.3 Å². The van der Waals surface area contributed by atoms with E-state index in [1.165, 1.54) is 18.3 Å². The summed E-state index contributed by atoms with van der Waals surface area (Å²) in [5.41, 5.74) is 2.71. The zero-order chi connectivity index (χ0) is 22.1. The van der Waals surface area contributed by atoms with E-state index in [-0.39, 0.29) is 17.5 Å². The number of nitrogens with zero attached hydrogens (tertiary/aromatic N) is 5. The fraction of sp³-hybridized carbons (Fsp3) is 0.227. The number of fused-ring (bicyclic) bond motifs is 1. The first-order chi connectivity index (χ1) is 15.6. The number of hydrogen-bond acceptors (Lipinski definition) is 7. The number of aromatic carboxylic acids is 1. The first kappa shape index (κ1) is 19.9. The zero-order valence-corrected chi connectivity index (χ0v) is 17.1. The Bertz CT molecular complexity index is 1360. The van der Waals surface area contributed by atoms with Crippen LogP contribution in [0.5, 0.6) is 0 Å². The van der Waals surface area contributed by atoms with Crippen molar-refractivity contribution in [2.45, 2.75) is 6.54 Å². The van der Waals surface area contributed by atoms with Gasteiger partial charge in [0.15, 0.2) is 5.43 Å². The lowest BCUT2D eigenvalue weighted by atomic mass is 10.1. The quantitative estimate of drug-likeness (QED) is 0.489. The summed E-state index contributed by atoms with van der Waals surface area (Å²) in [6.07, 6.45) is 3.21. The topological polar surface area (TPSA) is 126 Å². The minimum atomic E-state index is -1.01. The molecule has 0 bridgehead atoms. The van der Waals surface area contributed by atoms with Crippen LogP contribution in [0.1, 0.15) is 16.1 Å². The Morgan fingerprint density at radius 2 is 2.03 bits per heavy atom. The standard InChI is InChI=1S/C22H20N6O4/c29-19-11-20(27-6-8-32-9-7-27)24-21-16(2-1-3-17(19)21)18-13-28(26-25-18)12-15-10-14(22(30)31)4-5-23-15/h1-5,10-11,13H,6-9,12H2,(H,24,29)(H,30,31). The van der Waals surface area contributed by atoms with Crippen LogP contribution in [0.2, 0.25) is 0 Å². The molecule has 32 heavy (non-hydrogen) atoms. The molecule has 10 heteroatoms. The molecular formula is C22H20N6O4. The van der Waals surface area contributed by atoms with Crippen molar-refractivity contribution < 1.29 is 14.6 Å². The van der Waals surface area contributed by atoms with Gasteiger partial charge in [-0.15, -0.1) is 5.10 Å². The van der Waals surface area contributed by atoms with Crippen LogP contribution in [0.25, 0.3) is 22.2 Å². The number of carboxylic acid groups (broad SMARTS) is 1. The highest BCUT2D eigenvalue weighted by atomic mass is 16.5. The van der Waals surface area contributed by atoms with E-state index < -0.39 is 5.97 Å². The number of morpholine rings is 1. The highest BCUT2D eigenvalue weighted by Gasteiger charge is 2.16. The van der Waals surface area contributed by atoms with E-state index in [1.54, 1.807) is 23.0 Å². The Morgan fingerprint density at radius 1 is 1.19 bits per heavy atom. The SMILES string of the molecule is O=C(O)c1ccnc(Cn2cc(-c3cccc4c(=O)cc(N5CCOCC5)[nH]c34)nn2)c1. The number of benzene rings is 1. The Balaban J connectivity index is 1.50. The Labute approximate surface area is 182 Å². The molecule has 1 fully saturated rings. The predicted octanol–water partition coefficient (Wildman–Crippen LogP) is 1.76. The van der Waals surface area contributed by atoms with E-state index in [1.807, 2.05) is 12.1 Å². The number of carboxylic acids is 1. The van der Waals surface area contributed by atoms with Crippen LogP contribution in [0.4, 0.5) is 5.82 Å². The number of pyridine rings is 2. The van der Waals surface area contributed by atoms with E-state index >= 15 is 0 Å². The third-order valence-corrected chi connectivity index (χ3v) is 5.40. The lowest BCUT2D eigenvalue weighted by molar-refractivity contribution is 0.0696. The number of hydrogen-bond donors (Lipinski definition) is 2. The van der Waals surface area contributed by atoms with Crippen molar-refractivity contribution >= 4 is 22.7 Å².